The molecule has 1 amide bonds. The van der Waals surface area contributed by atoms with E-state index >= 15 is 0 Å². The molecule has 0 saturated carbocycles. The second-order valence-corrected chi connectivity index (χ2v) is 8.95. The lowest BCUT2D eigenvalue weighted by Crippen LogP contribution is -2.26. The Bertz CT molecular complexity index is 1210. The van der Waals surface area contributed by atoms with Crippen LogP contribution in [0.25, 0.3) is 0 Å². The number of nitrogens with one attached hydrogen (secondary N) is 2. The number of benzene rings is 3. The van der Waals surface area contributed by atoms with Crippen molar-refractivity contribution in [1.29, 1.82) is 0 Å². The van der Waals surface area contributed by atoms with Crippen LogP contribution in [0.15, 0.2) is 71.6 Å². The van der Waals surface area contributed by atoms with Gasteiger partial charge >= 0.3 is 0 Å². The minimum absolute atomic E-state index is 0.0260. The number of carbonyl (C=O) groups is 1. The minimum atomic E-state index is -3.88. The average Bonchev–Trinajstić information content (AvgIpc) is 2.79. The molecule has 0 atom stereocenters. The Hall–Kier alpha value is -3.23. The van der Waals surface area contributed by atoms with Crippen molar-refractivity contribution in [2.75, 3.05) is 25.5 Å². The second kappa shape index (κ2) is 10.4. The molecule has 0 aliphatic rings. The molecule has 168 valence electrons. The summed E-state index contributed by atoms with van der Waals surface area (Å²) in [6, 6.07) is 17.7. The largest absolute Gasteiger partial charge is 0.497 e. The summed E-state index contributed by atoms with van der Waals surface area (Å²) in [6.07, 6.45) is 0.535. The lowest BCUT2D eigenvalue weighted by atomic mass is 10.1. The predicted octanol–water partition coefficient (Wildman–Crippen LogP) is 4.13. The number of hydrogen-bond donors (Lipinski definition) is 2. The number of amides is 1. The van der Waals surface area contributed by atoms with Crippen LogP contribution in [-0.4, -0.2) is 35.1 Å². The molecule has 0 saturated heterocycles. The van der Waals surface area contributed by atoms with Crippen LogP contribution in [0.5, 0.6) is 11.5 Å². The summed E-state index contributed by atoms with van der Waals surface area (Å²) < 4.78 is 38.4. The van der Waals surface area contributed by atoms with Gasteiger partial charge in [0.2, 0.25) is 0 Å². The van der Waals surface area contributed by atoms with Crippen LogP contribution in [-0.2, 0) is 16.4 Å². The molecule has 3 aromatic rings. The number of ether oxygens (including phenoxy) is 2. The molecule has 0 bridgehead atoms. The fourth-order valence-electron chi connectivity index (χ4n) is 3.04. The maximum absolute atomic E-state index is 12.7. The standard InChI is InChI=1S/C23H23ClN2O5S/c1-30-20-10-9-16(22(15-20)31-2)11-12-25-23(27)17-5-3-8-21(13-17)32(28,29)26-19-7-4-6-18(24)14-19/h3-10,13-15,26H,11-12H2,1-2H3,(H,25,27). The molecule has 0 heterocycles. The summed E-state index contributed by atoms with van der Waals surface area (Å²) in [7, 11) is -0.736. The van der Waals surface area contributed by atoms with Crippen molar-refractivity contribution in [3.8, 4) is 11.5 Å². The Morgan fingerprint density at radius 2 is 1.75 bits per heavy atom. The monoisotopic (exact) mass is 474 g/mol. The number of carbonyl (C=O) groups excluding carboxylic acids is 1. The van der Waals surface area contributed by atoms with Crippen LogP contribution in [0, 0.1) is 0 Å². The van der Waals surface area contributed by atoms with Crippen LogP contribution >= 0.6 is 11.6 Å². The lowest BCUT2D eigenvalue weighted by Gasteiger charge is -2.12. The Balaban J connectivity index is 1.66. The van der Waals surface area contributed by atoms with Gasteiger partial charge < -0.3 is 14.8 Å². The maximum atomic E-state index is 12.7. The van der Waals surface area contributed by atoms with E-state index in [-0.39, 0.29) is 16.4 Å². The van der Waals surface area contributed by atoms with Crippen LogP contribution < -0.4 is 19.5 Å². The SMILES string of the molecule is COc1ccc(CCNC(=O)c2cccc(S(=O)(=O)Nc3cccc(Cl)c3)c2)c(OC)c1. The van der Waals surface area contributed by atoms with Crippen LogP contribution in [0.2, 0.25) is 5.02 Å². The van der Waals surface area contributed by atoms with Crippen molar-refractivity contribution < 1.29 is 22.7 Å². The smallest absolute Gasteiger partial charge is 0.261 e. The van der Waals surface area contributed by atoms with E-state index in [0.29, 0.717) is 35.2 Å². The maximum Gasteiger partial charge on any atom is 0.261 e. The quantitative estimate of drug-likeness (QED) is 0.486. The zero-order chi connectivity index (χ0) is 23.1. The van der Waals surface area contributed by atoms with E-state index in [2.05, 4.69) is 10.0 Å². The molecule has 0 aromatic heterocycles. The first kappa shape index (κ1) is 23.4. The Morgan fingerprint density at radius 3 is 2.47 bits per heavy atom. The third kappa shape index (κ3) is 5.93. The highest BCUT2D eigenvalue weighted by molar-refractivity contribution is 7.92. The van der Waals surface area contributed by atoms with Gasteiger partial charge in [0, 0.05) is 23.2 Å². The fourth-order valence-corrected chi connectivity index (χ4v) is 4.33. The number of rotatable bonds is 9. The summed E-state index contributed by atoms with van der Waals surface area (Å²) in [5, 5.41) is 3.21. The molecule has 0 unspecified atom stereocenters. The highest BCUT2D eigenvalue weighted by Crippen LogP contribution is 2.25. The van der Waals surface area contributed by atoms with E-state index in [4.69, 9.17) is 21.1 Å². The molecule has 0 aliphatic heterocycles. The molecular formula is C23H23ClN2O5S. The zero-order valence-corrected chi connectivity index (χ0v) is 19.2. The van der Waals surface area contributed by atoms with Crippen molar-refractivity contribution >= 4 is 33.2 Å². The Morgan fingerprint density at radius 1 is 0.969 bits per heavy atom. The molecule has 0 spiro atoms. The molecule has 7 nitrogen and oxygen atoms in total. The molecule has 32 heavy (non-hydrogen) atoms. The van der Waals surface area contributed by atoms with Gasteiger partial charge in [-0.2, -0.15) is 0 Å². The van der Waals surface area contributed by atoms with E-state index in [1.54, 1.807) is 44.6 Å². The number of methoxy groups -OCH3 is 2. The van der Waals surface area contributed by atoms with Crippen molar-refractivity contribution in [2.45, 2.75) is 11.3 Å². The normalized spacial score (nSPS) is 11.0. The highest BCUT2D eigenvalue weighted by Gasteiger charge is 2.17. The van der Waals surface area contributed by atoms with E-state index in [0.717, 1.165) is 5.56 Å². The van der Waals surface area contributed by atoms with Gasteiger partial charge in [0.1, 0.15) is 11.5 Å². The molecule has 0 fully saturated rings. The summed E-state index contributed by atoms with van der Waals surface area (Å²) in [5.74, 6) is 0.968. The Labute approximate surface area is 192 Å². The van der Waals surface area contributed by atoms with Crippen LogP contribution in [0.3, 0.4) is 0 Å². The number of hydrogen-bond acceptors (Lipinski definition) is 5. The van der Waals surface area contributed by atoms with E-state index in [1.165, 1.54) is 24.3 Å². The van der Waals surface area contributed by atoms with Crippen molar-refractivity contribution in [3.05, 3.63) is 82.9 Å². The summed E-state index contributed by atoms with van der Waals surface area (Å²) in [4.78, 5) is 12.6. The fraction of sp³-hybridized carbons (Fsp3) is 0.174. The molecule has 0 aliphatic carbocycles. The zero-order valence-electron chi connectivity index (χ0n) is 17.6. The predicted molar refractivity (Wildman–Crippen MR) is 124 cm³/mol. The van der Waals surface area contributed by atoms with Crippen molar-refractivity contribution in [1.82, 2.24) is 5.32 Å². The first-order valence-corrected chi connectivity index (χ1v) is 11.6. The summed E-state index contributed by atoms with van der Waals surface area (Å²) in [5.41, 5.74) is 1.48. The van der Waals surface area contributed by atoms with Crippen LogP contribution in [0.1, 0.15) is 15.9 Å². The van der Waals surface area contributed by atoms with E-state index < -0.39 is 10.0 Å². The van der Waals surface area contributed by atoms with Gasteiger partial charge in [0.05, 0.1) is 24.8 Å². The average molecular weight is 475 g/mol. The first-order valence-electron chi connectivity index (χ1n) is 9.70. The van der Waals surface area contributed by atoms with Gasteiger partial charge in [-0.3, -0.25) is 9.52 Å². The number of sulfonamides is 1. The van der Waals surface area contributed by atoms with Crippen molar-refractivity contribution in [2.24, 2.45) is 0 Å². The summed E-state index contributed by atoms with van der Waals surface area (Å²) >= 11 is 5.91. The molecule has 9 heteroatoms. The van der Waals surface area contributed by atoms with Gasteiger partial charge in [0.15, 0.2) is 0 Å². The number of anilines is 1. The highest BCUT2D eigenvalue weighted by atomic mass is 35.5. The van der Waals surface area contributed by atoms with Gasteiger partial charge in [0.25, 0.3) is 15.9 Å². The van der Waals surface area contributed by atoms with E-state index in [1.807, 2.05) is 12.1 Å². The van der Waals surface area contributed by atoms with Crippen molar-refractivity contribution in [3.63, 3.8) is 0 Å². The van der Waals surface area contributed by atoms with Gasteiger partial charge in [-0.1, -0.05) is 29.8 Å². The third-order valence-corrected chi connectivity index (χ3v) is 6.27. The second-order valence-electron chi connectivity index (χ2n) is 6.83. The lowest BCUT2D eigenvalue weighted by molar-refractivity contribution is 0.0954. The topological polar surface area (TPSA) is 93.7 Å². The molecular weight excluding hydrogens is 452 g/mol. The molecule has 2 N–H and O–H groups in total. The number of halogens is 1. The minimum Gasteiger partial charge on any atom is -0.497 e. The molecule has 3 rings (SSSR count). The van der Waals surface area contributed by atoms with Crippen LogP contribution in [0.4, 0.5) is 5.69 Å². The Kier molecular flexibility index (Phi) is 7.61. The molecule has 3 aromatic carbocycles. The van der Waals surface area contributed by atoms with Gasteiger partial charge in [-0.05, 0) is 54.4 Å². The van der Waals surface area contributed by atoms with Gasteiger partial charge in [-0.15, -0.1) is 0 Å². The third-order valence-electron chi connectivity index (χ3n) is 4.66. The first-order chi connectivity index (χ1) is 15.3. The summed E-state index contributed by atoms with van der Waals surface area (Å²) in [6.45, 7) is 0.346. The molecule has 0 radical (unpaired) electrons. The van der Waals surface area contributed by atoms with Gasteiger partial charge in [-0.25, -0.2) is 8.42 Å². The van der Waals surface area contributed by atoms with E-state index in [9.17, 15) is 13.2 Å².